The maximum absolute atomic E-state index is 12.9. The zero-order chi connectivity index (χ0) is 52.2. The van der Waals surface area contributed by atoms with E-state index < -0.39 is 6.10 Å². The van der Waals surface area contributed by atoms with E-state index in [1.165, 1.54) is 89.9 Å². The lowest BCUT2D eigenvalue weighted by molar-refractivity contribution is -0.167. The maximum atomic E-state index is 12.9. The summed E-state index contributed by atoms with van der Waals surface area (Å²) in [5, 5.41) is 0. The molecule has 0 amide bonds. The van der Waals surface area contributed by atoms with Gasteiger partial charge in [-0.3, -0.25) is 14.4 Å². The van der Waals surface area contributed by atoms with Gasteiger partial charge in [-0.05, 0) is 122 Å². The predicted octanol–water partition coefficient (Wildman–Crippen LogP) is 20.3. The molecule has 1 unspecified atom stereocenters. The van der Waals surface area contributed by atoms with Crippen LogP contribution in [0.5, 0.6) is 0 Å². The minimum atomic E-state index is -0.796. The van der Waals surface area contributed by atoms with Crippen molar-refractivity contribution in [3.8, 4) is 0 Å². The van der Waals surface area contributed by atoms with E-state index in [0.717, 1.165) is 141 Å². The van der Waals surface area contributed by atoms with Gasteiger partial charge in [0.25, 0.3) is 0 Å². The first-order chi connectivity index (χ1) is 35.5. The first-order valence-corrected chi connectivity index (χ1v) is 29.9. The van der Waals surface area contributed by atoms with Crippen LogP contribution in [0.4, 0.5) is 0 Å². The average molecular weight is 1000 g/mol. The summed E-state index contributed by atoms with van der Waals surface area (Å²) in [4.78, 5) is 38.2. The molecule has 0 aliphatic carbocycles. The fourth-order valence-electron chi connectivity index (χ4n) is 8.01. The van der Waals surface area contributed by atoms with Gasteiger partial charge in [-0.15, -0.1) is 0 Å². The third kappa shape index (κ3) is 57.0. The van der Waals surface area contributed by atoms with Gasteiger partial charge in [-0.25, -0.2) is 0 Å². The normalized spacial score (nSPS) is 12.9. The van der Waals surface area contributed by atoms with Gasteiger partial charge in [0.05, 0.1) is 0 Å². The Morgan fingerprint density at radius 2 is 0.569 bits per heavy atom. The number of hydrogen-bond acceptors (Lipinski definition) is 6. The molecule has 0 fully saturated rings. The molecular formula is C66H110O6. The SMILES string of the molecule is CC/C=C\C/C=C\C/C=C\C/C=C\C/C=C\CCCCCCCCCC(=O)OCC(COC(=O)CCCCCCC/C=C\C/C=C\CCC)OC(=O)CCCCCCCCC/C=C\C/C=C\CCCCCC. The van der Waals surface area contributed by atoms with Crippen molar-refractivity contribution < 1.29 is 28.6 Å². The number of esters is 3. The van der Waals surface area contributed by atoms with Crippen molar-refractivity contribution >= 4 is 17.9 Å². The smallest absolute Gasteiger partial charge is 0.306 e. The van der Waals surface area contributed by atoms with Gasteiger partial charge in [0.2, 0.25) is 0 Å². The number of allylic oxidation sites excluding steroid dienone is 18. The third-order valence-corrected chi connectivity index (χ3v) is 12.5. The minimum absolute atomic E-state index is 0.0930. The molecule has 0 heterocycles. The van der Waals surface area contributed by atoms with Crippen LogP contribution < -0.4 is 0 Å². The van der Waals surface area contributed by atoms with Gasteiger partial charge in [-0.1, -0.05) is 239 Å². The molecular weight excluding hydrogens is 889 g/mol. The molecule has 0 aromatic heterocycles. The molecule has 0 spiro atoms. The number of rotatable bonds is 53. The molecule has 410 valence electrons. The molecule has 72 heavy (non-hydrogen) atoms. The molecule has 6 heteroatoms. The van der Waals surface area contributed by atoms with Crippen LogP contribution in [0.2, 0.25) is 0 Å². The molecule has 6 nitrogen and oxygen atoms in total. The lowest BCUT2D eigenvalue weighted by atomic mass is 10.1. The Kier molecular flexibility index (Phi) is 56.4. The summed E-state index contributed by atoms with van der Waals surface area (Å²) in [5.74, 6) is -0.923. The summed E-state index contributed by atoms with van der Waals surface area (Å²) in [7, 11) is 0. The molecule has 0 saturated heterocycles. The van der Waals surface area contributed by atoms with Gasteiger partial charge in [0.15, 0.2) is 6.10 Å². The largest absolute Gasteiger partial charge is 0.462 e. The predicted molar refractivity (Wildman–Crippen MR) is 311 cm³/mol. The fourth-order valence-corrected chi connectivity index (χ4v) is 8.01. The highest BCUT2D eigenvalue weighted by Crippen LogP contribution is 2.14. The van der Waals surface area contributed by atoms with Crippen molar-refractivity contribution in [2.75, 3.05) is 13.2 Å². The Hall–Kier alpha value is -3.93. The highest BCUT2D eigenvalue weighted by Gasteiger charge is 2.19. The molecule has 0 N–H and O–H groups in total. The highest BCUT2D eigenvalue weighted by atomic mass is 16.6. The quantitative estimate of drug-likeness (QED) is 0.0261. The third-order valence-electron chi connectivity index (χ3n) is 12.5. The van der Waals surface area contributed by atoms with Crippen LogP contribution in [0.1, 0.15) is 271 Å². The molecule has 0 aromatic rings. The van der Waals surface area contributed by atoms with E-state index in [0.29, 0.717) is 19.3 Å². The Balaban J connectivity index is 4.40. The summed E-state index contributed by atoms with van der Waals surface area (Å²) in [6.07, 6.45) is 80.8. The van der Waals surface area contributed by atoms with Crippen molar-refractivity contribution in [1.29, 1.82) is 0 Å². The second kappa shape index (κ2) is 59.6. The lowest BCUT2D eigenvalue weighted by Gasteiger charge is -2.18. The summed E-state index contributed by atoms with van der Waals surface area (Å²) >= 11 is 0. The van der Waals surface area contributed by atoms with E-state index in [4.69, 9.17) is 14.2 Å². The maximum Gasteiger partial charge on any atom is 0.306 e. The van der Waals surface area contributed by atoms with E-state index in [1.807, 2.05) is 0 Å². The van der Waals surface area contributed by atoms with Crippen LogP contribution in [0, 0.1) is 0 Å². The summed E-state index contributed by atoms with van der Waals surface area (Å²) < 4.78 is 16.9. The van der Waals surface area contributed by atoms with Crippen LogP contribution in [-0.2, 0) is 28.6 Å². The van der Waals surface area contributed by atoms with Gasteiger partial charge >= 0.3 is 17.9 Å². The Bertz CT molecular complexity index is 1470. The first-order valence-electron chi connectivity index (χ1n) is 29.9. The number of unbranched alkanes of at least 4 members (excludes halogenated alkanes) is 24. The zero-order valence-electron chi connectivity index (χ0n) is 46.9. The average Bonchev–Trinajstić information content (AvgIpc) is 3.38. The zero-order valence-corrected chi connectivity index (χ0v) is 46.9. The standard InChI is InChI=1S/C66H110O6/c1-4-7-10-13-16-19-22-25-27-29-31-32-33-34-35-37-38-41-44-47-50-53-56-59-65(68)71-62-63(61-70-64(67)58-55-52-49-46-43-40-24-21-18-15-12-9-6-3)72-66(69)60-57-54-51-48-45-42-39-36-30-28-26-23-20-17-14-11-8-5-2/h7,10,12,15-16,19-21,23-25,27-28,30-32,34-35,63H,4-6,8-9,11,13-14,17-18,22,26,29,33,36-62H2,1-3H3/b10-7-,15-12-,19-16-,23-20-,24-21-,27-25-,30-28-,32-31-,35-34-. The van der Waals surface area contributed by atoms with Crippen molar-refractivity contribution in [3.63, 3.8) is 0 Å². The van der Waals surface area contributed by atoms with Gasteiger partial charge < -0.3 is 14.2 Å². The lowest BCUT2D eigenvalue weighted by Crippen LogP contribution is -2.30. The van der Waals surface area contributed by atoms with Crippen LogP contribution >= 0.6 is 0 Å². The first kappa shape index (κ1) is 68.1. The van der Waals surface area contributed by atoms with E-state index in [9.17, 15) is 14.4 Å². The Labute approximate surface area is 444 Å². The van der Waals surface area contributed by atoms with E-state index >= 15 is 0 Å². The molecule has 0 aromatic carbocycles. The molecule has 1 atom stereocenters. The Morgan fingerprint density at radius 1 is 0.292 bits per heavy atom. The molecule has 0 radical (unpaired) electrons. The number of ether oxygens (including phenoxy) is 3. The molecule has 0 aliphatic rings. The number of carbonyl (C=O) groups excluding carboxylic acids is 3. The van der Waals surface area contributed by atoms with E-state index in [2.05, 4.69) is 130 Å². The van der Waals surface area contributed by atoms with Gasteiger partial charge in [0.1, 0.15) is 13.2 Å². The number of carbonyl (C=O) groups is 3. The fraction of sp³-hybridized carbons (Fsp3) is 0.682. The second-order valence-corrected chi connectivity index (χ2v) is 19.5. The summed E-state index contributed by atoms with van der Waals surface area (Å²) in [6.45, 7) is 6.42. The number of hydrogen-bond donors (Lipinski definition) is 0. The van der Waals surface area contributed by atoms with Crippen LogP contribution in [0.25, 0.3) is 0 Å². The minimum Gasteiger partial charge on any atom is -0.462 e. The van der Waals surface area contributed by atoms with Crippen molar-refractivity contribution in [1.82, 2.24) is 0 Å². The monoisotopic (exact) mass is 999 g/mol. The summed E-state index contributed by atoms with van der Waals surface area (Å²) in [6, 6.07) is 0. The van der Waals surface area contributed by atoms with Gasteiger partial charge in [-0.2, -0.15) is 0 Å². The highest BCUT2D eigenvalue weighted by molar-refractivity contribution is 5.71. The van der Waals surface area contributed by atoms with Crippen molar-refractivity contribution in [2.45, 2.75) is 277 Å². The topological polar surface area (TPSA) is 78.9 Å². The molecule has 0 bridgehead atoms. The molecule has 0 aliphatic heterocycles. The van der Waals surface area contributed by atoms with Crippen molar-refractivity contribution in [3.05, 3.63) is 109 Å². The van der Waals surface area contributed by atoms with E-state index in [-0.39, 0.29) is 31.1 Å². The van der Waals surface area contributed by atoms with Gasteiger partial charge in [0, 0.05) is 19.3 Å². The van der Waals surface area contributed by atoms with Crippen LogP contribution in [0.3, 0.4) is 0 Å². The van der Waals surface area contributed by atoms with Crippen LogP contribution in [-0.4, -0.2) is 37.2 Å². The summed E-state index contributed by atoms with van der Waals surface area (Å²) in [5.41, 5.74) is 0. The van der Waals surface area contributed by atoms with Crippen LogP contribution in [0.15, 0.2) is 109 Å². The van der Waals surface area contributed by atoms with Crippen molar-refractivity contribution in [2.24, 2.45) is 0 Å². The Morgan fingerprint density at radius 3 is 0.903 bits per heavy atom. The molecule has 0 saturated carbocycles. The second-order valence-electron chi connectivity index (χ2n) is 19.5. The van der Waals surface area contributed by atoms with E-state index in [1.54, 1.807) is 0 Å². The molecule has 0 rings (SSSR count).